The summed E-state index contributed by atoms with van der Waals surface area (Å²) in [5.41, 5.74) is -0.594. The van der Waals surface area contributed by atoms with Gasteiger partial charge in [-0.25, -0.2) is 0 Å². The first-order valence-electron chi connectivity index (χ1n) is 8.77. The standard InChI is InChI=1S/C17H30N4O2/c1-15(22)12-20-8-10-21(11-9-20)13-16(23)19(2)17(14-18)6-4-3-5-7-17/h15,22H,3-13H2,1-2H3. The molecule has 130 valence electrons. The lowest BCUT2D eigenvalue weighted by Gasteiger charge is -2.41. The summed E-state index contributed by atoms with van der Waals surface area (Å²) in [5, 5.41) is 19.0. The van der Waals surface area contributed by atoms with Gasteiger partial charge in [0, 0.05) is 39.8 Å². The van der Waals surface area contributed by atoms with Gasteiger partial charge < -0.3 is 10.0 Å². The molecular weight excluding hydrogens is 292 g/mol. The Kier molecular flexibility index (Phi) is 6.40. The molecule has 1 atom stereocenters. The van der Waals surface area contributed by atoms with Crippen LogP contribution in [-0.2, 0) is 4.79 Å². The number of nitriles is 1. The Labute approximate surface area is 139 Å². The van der Waals surface area contributed by atoms with Crippen LogP contribution in [0.1, 0.15) is 39.0 Å². The molecule has 23 heavy (non-hydrogen) atoms. The van der Waals surface area contributed by atoms with Crippen molar-refractivity contribution in [2.24, 2.45) is 0 Å². The number of aliphatic hydroxyl groups excluding tert-OH is 1. The van der Waals surface area contributed by atoms with Crippen LogP contribution in [0.15, 0.2) is 0 Å². The molecule has 2 aliphatic rings. The summed E-state index contributed by atoms with van der Waals surface area (Å²) < 4.78 is 0. The Hall–Kier alpha value is -1.16. The zero-order valence-electron chi connectivity index (χ0n) is 14.5. The molecule has 2 fully saturated rings. The highest BCUT2D eigenvalue weighted by Gasteiger charge is 2.39. The minimum Gasteiger partial charge on any atom is -0.392 e. The molecular formula is C17H30N4O2. The van der Waals surface area contributed by atoms with E-state index in [1.807, 2.05) is 0 Å². The molecule has 2 rings (SSSR count). The molecule has 1 N–H and O–H groups in total. The van der Waals surface area contributed by atoms with E-state index in [0.29, 0.717) is 13.1 Å². The van der Waals surface area contributed by atoms with E-state index < -0.39 is 5.54 Å². The van der Waals surface area contributed by atoms with Crippen molar-refractivity contribution in [3.8, 4) is 6.07 Å². The quantitative estimate of drug-likeness (QED) is 0.805. The van der Waals surface area contributed by atoms with Crippen molar-refractivity contribution in [1.29, 1.82) is 5.26 Å². The number of amides is 1. The molecule has 1 saturated heterocycles. The van der Waals surface area contributed by atoms with Crippen LogP contribution in [0, 0.1) is 11.3 Å². The number of carbonyl (C=O) groups is 1. The van der Waals surface area contributed by atoms with Crippen LogP contribution in [-0.4, -0.2) is 83.7 Å². The predicted octanol–water partition coefficient (Wildman–Crippen LogP) is 0.670. The molecule has 1 amide bonds. The zero-order chi connectivity index (χ0) is 16.9. The molecule has 6 nitrogen and oxygen atoms in total. The van der Waals surface area contributed by atoms with Crippen molar-refractivity contribution in [2.45, 2.75) is 50.7 Å². The topological polar surface area (TPSA) is 70.8 Å². The molecule has 0 bridgehead atoms. The highest BCUT2D eigenvalue weighted by molar-refractivity contribution is 5.79. The normalized spacial score (nSPS) is 23.9. The number of hydrogen-bond acceptors (Lipinski definition) is 5. The van der Waals surface area contributed by atoms with Gasteiger partial charge in [-0.05, 0) is 19.8 Å². The fourth-order valence-corrected chi connectivity index (χ4v) is 3.70. The maximum absolute atomic E-state index is 12.6. The Bertz CT molecular complexity index is 432. The summed E-state index contributed by atoms with van der Waals surface area (Å²) in [6, 6.07) is 2.41. The maximum Gasteiger partial charge on any atom is 0.237 e. The predicted molar refractivity (Wildman–Crippen MR) is 88.8 cm³/mol. The summed E-state index contributed by atoms with van der Waals surface area (Å²) in [6.45, 7) is 6.33. The van der Waals surface area contributed by atoms with E-state index in [9.17, 15) is 15.2 Å². The largest absolute Gasteiger partial charge is 0.392 e. The number of carbonyl (C=O) groups excluding carboxylic acids is 1. The summed E-state index contributed by atoms with van der Waals surface area (Å²) >= 11 is 0. The van der Waals surface area contributed by atoms with Crippen molar-refractivity contribution in [2.75, 3.05) is 46.3 Å². The van der Waals surface area contributed by atoms with Gasteiger partial charge in [-0.2, -0.15) is 5.26 Å². The van der Waals surface area contributed by atoms with Crippen molar-refractivity contribution < 1.29 is 9.90 Å². The lowest BCUT2D eigenvalue weighted by molar-refractivity contribution is -0.136. The van der Waals surface area contributed by atoms with Gasteiger partial charge in [0.2, 0.25) is 5.91 Å². The number of likely N-dealkylation sites (N-methyl/N-ethyl adjacent to an activating group) is 1. The first-order chi connectivity index (χ1) is 11.0. The molecule has 0 radical (unpaired) electrons. The Morgan fingerprint density at radius 2 is 1.78 bits per heavy atom. The minimum atomic E-state index is -0.594. The van der Waals surface area contributed by atoms with Crippen LogP contribution < -0.4 is 0 Å². The van der Waals surface area contributed by atoms with Crippen LogP contribution >= 0.6 is 0 Å². The number of hydrogen-bond donors (Lipinski definition) is 1. The van der Waals surface area contributed by atoms with Crippen LogP contribution in [0.3, 0.4) is 0 Å². The van der Waals surface area contributed by atoms with Gasteiger partial charge in [-0.1, -0.05) is 19.3 Å². The fraction of sp³-hybridized carbons (Fsp3) is 0.882. The number of nitrogens with zero attached hydrogens (tertiary/aromatic N) is 4. The average molecular weight is 322 g/mol. The lowest BCUT2D eigenvalue weighted by atomic mass is 9.81. The summed E-state index contributed by atoms with van der Waals surface area (Å²) in [6.07, 6.45) is 4.52. The Balaban J connectivity index is 1.84. The number of piperazine rings is 1. The van der Waals surface area contributed by atoms with Crippen LogP contribution in [0.5, 0.6) is 0 Å². The van der Waals surface area contributed by atoms with Gasteiger partial charge in [0.1, 0.15) is 5.54 Å². The molecule has 1 aliphatic carbocycles. The summed E-state index contributed by atoms with van der Waals surface area (Å²) in [5.74, 6) is 0.0532. The zero-order valence-corrected chi connectivity index (χ0v) is 14.5. The lowest BCUT2D eigenvalue weighted by Crippen LogP contribution is -2.55. The average Bonchev–Trinajstić information content (AvgIpc) is 2.56. The molecule has 1 unspecified atom stereocenters. The van der Waals surface area contributed by atoms with E-state index in [-0.39, 0.29) is 12.0 Å². The van der Waals surface area contributed by atoms with E-state index >= 15 is 0 Å². The van der Waals surface area contributed by atoms with Gasteiger partial charge in [-0.15, -0.1) is 0 Å². The van der Waals surface area contributed by atoms with Gasteiger partial charge in [-0.3, -0.25) is 14.6 Å². The second-order valence-electron chi connectivity index (χ2n) is 7.08. The van der Waals surface area contributed by atoms with E-state index in [1.54, 1.807) is 18.9 Å². The Morgan fingerprint density at radius 1 is 1.22 bits per heavy atom. The number of aliphatic hydroxyl groups is 1. The molecule has 6 heteroatoms. The van der Waals surface area contributed by atoms with Crippen molar-refractivity contribution in [3.05, 3.63) is 0 Å². The first kappa shape index (κ1) is 18.2. The van der Waals surface area contributed by atoms with Crippen LogP contribution in [0.2, 0.25) is 0 Å². The molecule has 1 heterocycles. The molecule has 0 aromatic carbocycles. The van der Waals surface area contributed by atoms with Crippen molar-refractivity contribution >= 4 is 5.91 Å². The molecule has 0 spiro atoms. The van der Waals surface area contributed by atoms with Gasteiger partial charge in [0.15, 0.2) is 0 Å². The molecule has 1 saturated carbocycles. The SMILES string of the molecule is CC(O)CN1CCN(CC(=O)N(C)C2(C#N)CCCCC2)CC1. The second kappa shape index (κ2) is 8.09. The third-order valence-electron chi connectivity index (χ3n) is 5.25. The minimum absolute atomic E-state index is 0.0532. The third-order valence-corrected chi connectivity index (χ3v) is 5.25. The third kappa shape index (κ3) is 4.66. The molecule has 0 aromatic rings. The number of rotatable bonds is 5. The van der Waals surface area contributed by atoms with E-state index in [0.717, 1.165) is 58.3 Å². The van der Waals surface area contributed by atoms with Gasteiger partial charge in [0.25, 0.3) is 0 Å². The van der Waals surface area contributed by atoms with E-state index in [4.69, 9.17) is 0 Å². The highest BCUT2D eigenvalue weighted by Crippen LogP contribution is 2.32. The van der Waals surface area contributed by atoms with Gasteiger partial charge in [0.05, 0.1) is 18.7 Å². The Morgan fingerprint density at radius 3 is 2.30 bits per heavy atom. The van der Waals surface area contributed by atoms with E-state index in [1.165, 1.54) is 0 Å². The molecule has 1 aliphatic heterocycles. The van der Waals surface area contributed by atoms with E-state index in [2.05, 4.69) is 15.9 Å². The summed E-state index contributed by atoms with van der Waals surface area (Å²) in [4.78, 5) is 18.7. The van der Waals surface area contributed by atoms with Crippen LogP contribution in [0.4, 0.5) is 0 Å². The highest BCUT2D eigenvalue weighted by atomic mass is 16.3. The first-order valence-corrected chi connectivity index (χ1v) is 8.77. The number of β-amino-alcohol motifs (C(OH)–C–C–N with tert-alkyl or cyclic N) is 1. The smallest absolute Gasteiger partial charge is 0.237 e. The van der Waals surface area contributed by atoms with Crippen molar-refractivity contribution in [1.82, 2.24) is 14.7 Å². The van der Waals surface area contributed by atoms with Crippen molar-refractivity contribution in [3.63, 3.8) is 0 Å². The maximum atomic E-state index is 12.6. The summed E-state index contributed by atoms with van der Waals surface area (Å²) in [7, 11) is 1.79. The second-order valence-corrected chi connectivity index (χ2v) is 7.08. The molecule has 0 aromatic heterocycles. The van der Waals surface area contributed by atoms with Gasteiger partial charge >= 0.3 is 0 Å². The fourth-order valence-electron chi connectivity index (χ4n) is 3.70. The van der Waals surface area contributed by atoms with Crippen LogP contribution in [0.25, 0.3) is 0 Å². The monoisotopic (exact) mass is 322 g/mol.